The molecule has 7 nitrogen and oxygen atoms in total. The molecule has 2 aromatic rings. The normalized spacial score (nSPS) is 18.5. The SMILES string of the molecule is CCCCCCC(=O)O/N=C(\CCCS)C(=O)c1ccc2c(c1)-c1cc(C(=O)C(C)(C)N3CCOCC3)ccc1C2(C)CC. The number of Topliss-reactive ketones (excluding diaryl/α,β-unsaturated/α-hetero) is 2. The van der Waals surface area contributed by atoms with Crippen molar-refractivity contribution in [2.45, 2.75) is 96.9 Å². The number of hydrogen-bond acceptors (Lipinski definition) is 8. The van der Waals surface area contributed by atoms with Crippen LogP contribution in [0.5, 0.6) is 0 Å². The molecule has 0 aromatic heterocycles. The third-order valence-corrected chi connectivity index (χ3v) is 9.75. The third kappa shape index (κ3) is 7.19. The highest BCUT2D eigenvalue weighted by Gasteiger charge is 2.41. The van der Waals surface area contributed by atoms with Gasteiger partial charge in [-0.15, -0.1) is 0 Å². The highest BCUT2D eigenvalue weighted by atomic mass is 32.1. The summed E-state index contributed by atoms with van der Waals surface area (Å²) >= 11 is 4.31. The maximum absolute atomic E-state index is 13.9. The Bertz CT molecular complexity index is 1390. The van der Waals surface area contributed by atoms with Gasteiger partial charge >= 0.3 is 5.97 Å². The number of benzene rings is 2. The molecule has 2 aromatic carbocycles. The first-order chi connectivity index (χ1) is 21.1. The van der Waals surface area contributed by atoms with Gasteiger partial charge in [-0.3, -0.25) is 14.5 Å². The van der Waals surface area contributed by atoms with Crippen LogP contribution in [0.4, 0.5) is 0 Å². The second kappa shape index (κ2) is 15.0. The zero-order valence-electron chi connectivity index (χ0n) is 27.0. The molecule has 44 heavy (non-hydrogen) atoms. The molecule has 1 atom stereocenters. The van der Waals surface area contributed by atoms with Crippen LogP contribution in [-0.4, -0.2) is 65.7 Å². The van der Waals surface area contributed by atoms with Crippen LogP contribution in [0.2, 0.25) is 0 Å². The van der Waals surface area contributed by atoms with Gasteiger partial charge in [-0.25, -0.2) is 4.79 Å². The quantitative estimate of drug-likeness (QED) is 0.0556. The summed E-state index contributed by atoms with van der Waals surface area (Å²) in [6.45, 7) is 13.2. The fraction of sp³-hybridized carbons (Fsp3) is 0.556. The van der Waals surface area contributed by atoms with Gasteiger partial charge in [-0.2, -0.15) is 12.6 Å². The van der Waals surface area contributed by atoms with Crippen LogP contribution in [0.1, 0.15) is 118 Å². The average Bonchev–Trinajstić information content (AvgIpc) is 3.30. The highest BCUT2D eigenvalue weighted by molar-refractivity contribution is 7.80. The lowest BCUT2D eigenvalue weighted by molar-refractivity contribution is -0.143. The smallest absolute Gasteiger partial charge is 0.335 e. The van der Waals surface area contributed by atoms with Crippen molar-refractivity contribution in [2.75, 3.05) is 32.1 Å². The van der Waals surface area contributed by atoms with Crippen LogP contribution in [-0.2, 0) is 19.8 Å². The summed E-state index contributed by atoms with van der Waals surface area (Å²) < 4.78 is 5.52. The van der Waals surface area contributed by atoms with Crippen molar-refractivity contribution < 1.29 is 24.0 Å². The lowest BCUT2D eigenvalue weighted by Crippen LogP contribution is -2.54. The number of carbonyl (C=O) groups excluding carboxylic acids is 3. The standard InChI is InChI=1S/C36H48N2O5S/c1-6-8-9-10-13-32(39)43-37-31(12-11-22-44)33(40)25-14-16-29-27(23-25)28-24-26(15-17-30(28)36(29,5)7-2)34(41)35(3,4)38-18-20-42-21-19-38/h14-17,23-24,44H,6-13,18-22H2,1-5H3/b37-31+. The predicted octanol–water partition coefficient (Wildman–Crippen LogP) is 7.44. The van der Waals surface area contributed by atoms with E-state index in [1.54, 1.807) is 0 Å². The second-order valence-corrected chi connectivity index (χ2v) is 13.1. The molecule has 0 spiro atoms. The Morgan fingerprint density at radius 2 is 1.57 bits per heavy atom. The van der Waals surface area contributed by atoms with Crippen LogP contribution in [0, 0.1) is 0 Å². The number of unbranched alkanes of at least 4 members (excludes halogenated alkanes) is 3. The van der Waals surface area contributed by atoms with Crippen molar-refractivity contribution in [3.05, 3.63) is 58.7 Å². The Hall–Kier alpha value is -2.81. The van der Waals surface area contributed by atoms with Gasteiger partial charge in [-0.1, -0.05) is 69.5 Å². The fourth-order valence-corrected chi connectivity index (χ4v) is 6.54. The second-order valence-electron chi connectivity index (χ2n) is 12.7. The molecule has 1 saturated heterocycles. The van der Waals surface area contributed by atoms with Crippen LogP contribution in [0.15, 0.2) is 41.6 Å². The van der Waals surface area contributed by atoms with Crippen molar-refractivity contribution in [3.8, 4) is 11.1 Å². The summed E-state index contributed by atoms with van der Waals surface area (Å²) in [7, 11) is 0. The van der Waals surface area contributed by atoms with Crippen LogP contribution < -0.4 is 0 Å². The van der Waals surface area contributed by atoms with Gasteiger partial charge in [0, 0.05) is 36.1 Å². The number of carbonyl (C=O) groups is 3. The van der Waals surface area contributed by atoms with Crippen LogP contribution in [0.25, 0.3) is 11.1 Å². The Morgan fingerprint density at radius 1 is 0.932 bits per heavy atom. The molecular weight excluding hydrogens is 572 g/mol. The molecule has 1 aliphatic carbocycles. The van der Waals surface area contributed by atoms with E-state index in [1.807, 2.05) is 44.2 Å². The number of thiol groups is 1. The number of morpholine rings is 1. The topological polar surface area (TPSA) is 85.3 Å². The van der Waals surface area contributed by atoms with Gasteiger partial charge in [0.2, 0.25) is 5.78 Å². The van der Waals surface area contributed by atoms with Crippen LogP contribution >= 0.6 is 12.6 Å². The van der Waals surface area contributed by atoms with E-state index in [-0.39, 0.29) is 29.1 Å². The van der Waals surface area contributed by atoms with E-state index in [0.717, 1.165) is 67.4 Å². The minimum absolute atomic E-state index is 0.0683. The summed E-state index contributed by atoms with van der Waals surface area (Å²) in [5, 5.41) is 4.05. The molecule has 0 saturated carbocycles. The summed E-state index contributed by atoms with van der Waals surface area (Å²) in [5.74, 6) is -0.0306. The van der Waals surface area contributed by atoms with E-state index >= 15 is 0 Å². The largest absolute Gasteiger partial charge is 0.379 e. The zero-order chi connectivity index (χ0) is 31.9. The lowest BCUT2D eigenvalue weighted by atomic mass is 9.77. The highest BCUT2D eigenvalue weighted by Crippen LogP contribution is 2.51. The summed E-state index contributed by atoms with van der Waals surface area (Å²) in [6, 6.07) is 11.8. The van der Waals surface area contributed by atoms with Crippen molar-refractivity contribution in [3.63, 3.8) is 0 Å². The molecule has 1 unspecified atom stereocenters. The Balaban J connectivity index is 1.65. The molecule has 1 aliphatic heterocycles. The molecule has 0 radical (unpaired) electrons. The molecule has 0 N–H and O–H groups in total. The van der Waals surface area contributed by atoms with Gasteiger partial charge in [-0.05, 0) is 79.7 Å². The number of fused-ring (bicyclic) bond motifs is 3. The van der Waals surface area contributed by atoms with Gasteiger partial charge in [0.1, 0.15) is 5.71 Å². The zero-order valence-corrected chi connectivity index (χ0v) is 27.9. The minimum Gasteiger partial charge on any atom is -0.379 e. The monoisotopic (exact) mass is 620 g/mol. The summed E-state index contributed by atoms with van der Waals surface area (Å²) in [4.78, 5) is 47.4. The lowest BCUT2D eigenvalue weighted by Gasteiger charge is -2.39. The van der Waals surface area contributed by atoms with E-state index in [0.29, 0.717) is 42.9 Å². The maximum atomic E-state index is 13.9. The van der Waals surface area contributed by atoms with Gasteiger partial charge < -0.3 is 9.57 Å². The minimum atomic E-state index is -0.670. The molecule has 1 fully saturated rings. The molecule has 2 aliphatic rings. The summed E-state index contributed by atoms with van der Waals surface area (Å²) in [5.41, 5.74) is 4.67. The Morgan fingerprint density at radius 3 is 2.18 bits per heavy atom. The van der Waals surface area contributed by atoms with E-state index in [1.165, 1.54) is 0 Å². The van der Waals surface area contributed by atoms with Crippen molar-refractivity contribution in [1.29, 1.82) is 0 Å². The van der Waals surface area contributed by atoms with Gasteiger partial charge in [0.15, 0.2) is 5.78 Å². The Kier molecular flexibility index (Phi) is 11.6. The first-order valence-corrected chi connectivity index (χ1v) is 16.8. The van der Waals surface area contributed by atoms with Gasteiger partial charge in [0.25, 0.3) is 0 Å². The predicted molar refractivity (Wildman–Crippen MR) is 179 cm³/mol. The number of nitrogens with zero attached hydrogens (tertiary/aromatic N) is 2. The number of rotatable bonds is 15. The molecule has 4 rings (SSSR count). The number of hydrogen-bond donors (Lipinski definition) is 1. The average molecular weight is 621 g/mol. The number of oxime groups is 1. The molecule has 0 amide bonds. The maximum Gasteiger partial charge on any atom is 0.335 e. The van der Waals surface area contributed by atoms with E-state index < -0.39 is 11.5 Å². The molecule has 238 valence electrons. The van der Waals surface area contributed by atoms with Gasteiger partial charge in [0.05, 0.1) is 18.8 Å². The number of ether oxygens (including phenoxy) is 1. The van der Waals surface area contributed by atoms with E-state index in [4.69, 9.17) is 9.57 Å². The fourth-order valence-electron chi connectivity index (χ4n) is 6.39. The van der Waals surface area contributed by atoms with Crippen molar-refractivity contribution >= 4 is 35.9 Å². The Labute approximate surface area is 268 Å². The molecule has 8 heteroatoms. The van der Waals surface area contributed by atoms with E-state index in [9.17, 15) is 14.4 Å². The molecular formula is C36H48N2O5S. The van der Waals surface area contributed by atoms with Crippen molar-refractivity contribution in [1.82, 2.24) is 4.90 Å². The van der Waals surface area contributed by atoms with Crippen LogP contribution in [0.3, 0.4) is 0 Å². The molecule has 1 heterocycles. The van der Waals surface area contributed by atoms with E-state index in [2.05, 4.69) is 49.5 Å². The molecule has 0 bridgehead atoms. The summed E-state index contributed by atoms with van der Waals surface area (Å²) in [6.07, 6.45) is 6.02. The first kappa shape index (κ1) is 34.1. The van der Waals surface area contributed by atoms with Crippen molar-refractivity contribution in [2.24, 2.45) is 5.16 Å². The first-order valence-electron chi connectivity index (χ1n) is 16.2. The third-order valence-electron chi connectivity index (χ3n) is 9.43. The number of ketones is 2.